The van der Waals surface area contributed by atoms with E-state index in [-0.39, 0.29) is 11.6 Å². The van der Waals surface area contributed by atoms with Gasteiger partial charge in [0.25, 0.3) is 5.91 Å². The number of aliphatic hydroxyl groups excluding tert-OH is 1. The second kappa shape index (κ2) is 8.43. The van der Waals surface area contributed by atoms with Crippen LogP contribution < -0.4 is 14.4 Å². The van der Waals surface area contributed by atoms with E-state index in [2.05, 4.69) is 0 Å². The van der Waals surface area contributed by atoms with Crippen molar-refractivity contribution in [1.82, 2.24) is 9.03 Å². The van der Waals surface area contributed by atoms with Crippen molar-refractivity contribution in [3.05, 3.63) is 94.5 Å². The molecule has 2 heterocycles. The van der Waals surface area contributed by atoms with Gasteiger partial charge >= 0.3 is 10.2 Å². The summed E-state index contributed by atoms with van der Waals surface area (Å²) in [6.45, 7) is 0.431. The summed E-state index contributed by atoms with van der Waals surface area (Å²) in [5, 5.41) is 11.2. The summed E-state index contributed by atoms with van der Waals surface area (Å²) in [4.78, 5) is 14.4. The second-order valence-electron chi connectivity index (χ2n) is 8.63. The highest BCUT2D eigenvalue weighted by Gasteiger charge is 2.43. The third-order valence-corrected chi connectivity index (χ3v) is 7.69. The fourth-order valence-corrected chi connectivity index (χ4v) is 5.02. The van der Waals surface area contributed by atoms with E-state index in [9.17, 15) is 18.3 Å². The molecule has 5 rings (SSSR count). The molecule has 0 fully saturated rings. The lowest BCUT2D eigenvalue weighted by Crippen LogP contribution is -2.39. The van der Waals surface area contributed by atoms with Crippen LogP contribution in [-0.2, 0) is 23.2 Å². The van der Waals surface area contributed by atoms with Crippen molar-refractivity contribution in [3.8, 4) is 5.75 Å². The number of carbonyl (C=O) groups excluding carboxylic acids is 1. The van der Waals surface area contributed by atoms with Gasteiger partial charge in [-0.05, 0) is 47.4 Å². The number of hydrogen-bond acceptors (Lipinski definition) is 6. The second-order valence-corrected chi connectivity index (χ2v) is 10.5. The summed E-state index contributed by atoms with van der Waals surface area (Å²) >= 11 is 0. The summed E-state index contributed by atoms with van der Waals surface area (Å²) in [7, 11) is -1.21. The Bertz CT molecular complexity index is 1360. The largest absolute Gasteiger partial charge is 0.489 e. The molecule has 176 valence electrons. The zero-order valence-electron chi connectivity index (χ0n) is 18.8. The van der Waals surface area contributed by atoms with Crippen molar-refractivity contribution in [2.24, 2.45) is 0 Å². The van der Waals surface area contributed by atoms with Crippen LogP contribution in [0.3, 0.4) is 0 Å². The summed E-state index contributed by atoms with van der Waals surface area (Å²) in [5.41, 5.74) is 4.75. The van der Waals surface area contributed by atoms with Gasteiger partial charge in [0.1, 0.15) is 12.4 Å². The highest BCUT2D eigenvalue weighted by Crippen LogP contribution is 2.52. The highest BCUT2D eigenvalue weighted by atomic mass is 32.2. The quantitative estimate of drug-likeness (QED) is 0.564. The van der Waals surface area contributed by atoms with E-state index in [1.165, 1.54) is 14.1 Å². The molecule has 0 bridgehead atoms. The zero-order valence-corrected chi connectivity index (χ0v) is 19.6. The molecule has 0 saturated heterocycles. The molecule has 2 aliphatic rings. The maximum absolute atomic E-state index is 12.6. The molecule has 3 aromatic carbocycles. The van der Waals surface area contributed by atoms with E-state index in [1.54, 1.807) is 12.1 Å². The molecule has 0 aromatic heterocycles. The van der Waals surface area contributed by atoms with E-state index in [4.69, 9.17) is 4.74 Å². The normalized spacial score (nSPS) is 18.4. The van der Waals surface area contributed by atoms with Gasteiger partial charge in [0, 0.05) is 30.9 Å². The number of aliphatic hydroxyl groups is 1. The van der Waals surface area contributed by atoms with Gasteiger partial charge in [0.2, 0.25) is 0 Å². The number of hydrogen-bond donors (Lipinski definition) is 2. The van der Waals surface area contributed by atoms with Gasteiger partial charge in [0.05, 0.1) is 6.04 Å². The zero-order chi connectivity index (χ0) is 24.0. The molecule has 2 N–H and O–H groups in total. The summed E-state index contributed by atoms with van der Waals surface area (Å²) < 4.78 is 33.0. The minimum atomic E-state index is -3.91. The number of carbonyl (C=O) groups is 1. The number of nitrogens with one attached hydrogen (secondary N) is 1. The van der Waals surface area contributed by atoms with Gasteiger partial charge < -0.3 is 14.7 Å². The average Bonchev–Trinajstić information content (AvgIpc) is 3.32. The molecule has 0 radical (unpaired) electrons. The van der Waals surface area contributed by atoms with Gasteiger partial charge in [-0.3, -0.25) is 4.79 Å². The Morgan fingerprint density at radius 3 is 2.59 bits per heavy atom. The Hall–Kier alpha value is -3.40. The van der Waals surface area contributed by atoms with Crippen molar-refractivity contribution >= 4 is 21.8 Å². The van der Waals surface area contributed by atoms with Crippen LogP contribution in [0.15, 0.2) is 66.7 Å². The number of anilines is 1. The third-order valence-electron chi connectivity index (χ3n) is 6.28. The number of ether oxygens (including phenoxy) is 1. The van der Waals surface area contributed by atoms with Crippen LogP contribution in [0.25, 0.3) is 0 Å². The molecule has 1 amide bonds. The molecule has 2 atom stereocenters. The molecule has 0 spiro atoms. The van der Waals surface area contributed by atoms with E-state index in [0.29, 0.717) is 18.8 Å². The van der Waals surface area contributed by atoms with Crippen LogP contribution in [0, 0.1) is 0 Å². The predicted octanol–water partition coefficient (Wildman–Crippen LogP) is 2.91. The summed E-state index contributed by atoms with van der Waals surface area (Å²) in [6.07, 6.45) is -0.216. The lowest BCUT2D eigenvalue weighted by molar-refractivity contribution is 0.0979. The van der Waals surface area contributed by atoms with Gasteiger partial charge in [-0.2, -0.15) is 12.7 Å². The Balaban J connectivity index is 1.38. The van der Waals surface area contributed by atoms with Crippen molar-refractivity contribution in [2.75, 3.05) is 19.0 Å². The molecule has 34 heavy (non-hydrogen) atoms. The van der Waals surface area contributed by atoms with E-state index in [1.807, 2.05) is 64.2 Å². The molecular weight excluding hydrogens is 454 g/mol. The van der Waals surface area contributed by atoms with Crippen LogP contribution in [0.2, 0.25) is 0 Å². The first-order valence-electron chi connectivity index (χ1n) is 10.9. The lowest BCUT2D eigenvalue weighted by Gasteiger charge is -2.24. The number of nitrogens with zero attached hydrogens (tertiary/aromatic N) is 2. The van der Waals surface area contributed by atoms with Crippen LogP contribution in [0.1, 0.15) is 44.9 Å². The predicted molar refractivity (Wildman–Crippen MR) is 128 cm³/mol. The third kappa shape index (κ3) is 3.91. The first-order valence-corrected chi connectivity index (χ1v) is 12.3. The van der Waals surface area contributed by atoms with Gasteiger partial charge in [-0.25, -0.2) is 4.72 Å². The first-order chi connectivity index (χ1) is 16.2. The van der Waals surface area contributed by atoms with Crippen LogP contribution >= 0.6 is 0 Å². The minimum absolute atomic E-state index is 0.0630. The van der Waals surface area contributed by atoms with E-state index in [0.717, 1.165) is 32.2 Å². The molecular formula is C25H25N3O5S. The van der Waals surface area contributed by atoms with Gasteiger partial charge in [-0.15, -0.1) is 0 Å². The van der Waals surface area contributed by atoms with Gasteiger partial charge in [-0.1, -0.05) is 42.5 Å². The fourth-order valence-electron chi connectivity index (χ4n) is 4.48. The average molecular weight is 480 g/mol. The SMILES string of the molecule is CN(C)S(=O)(=O)NC(=O)c1ccc2c(c1)N1C(O)c3cc(OCc4ccccc4)ccc3C1C2. The minimum Gasteiger partial charge on any atom is -0.489 e. The maximum atomic E-state index is 12.6. The summed E-state index contributed by atoms with van der Waals surface area (Å²) in [6, 6.07) is 20.6. The van der Waals surface area contributed by atoms with Crippen molar-refractivity contribution in [1.29, 1.82) is 0 Å². The van der Waals surface area contributed by atoms with E-state index >= 15 is 0 Å². The maximum Gasteiger partial charge on any atom is 0.303 e. The molecule has 2 unspecified atom stereocenters. The number of fused-ring (bicyclic) bond motifs is 5. The summed E-state index contributed by atoms with van der Waals surface area (Å²) in [5.74, 6) is -0.0483. The Kier molecular flexibility index (Phi) is 5.55. The number of amides is 1. The molecule has 0 saturated carbocycles. The standard InChI is InChI=1S/C25H25N3O5S/c1-27(2)34(31,32)26-24(29)18-9-8-17-12-23-20-11-10-19(33-15-16-6-4-3-5-7-16)14-21(20)25(30)28(23)22(17)13-18/h3-11,13-14,23,25,30H,12,15H2,1-2H3,(H,26,29). The van der Waals surface area contributed by atoms with Crippen LogP contribution in [-0.4, -0.2) is 37.8 Å². The molecule has 8 nitrogen and oxygen atoms in total. The Labute approximate surface area is 198 Å². The topological polar surface area (TPSA) is 99.2 Å². The van der Waals surface area contributed by atoms with Crippen molar-refractivity contribution < 1.29 is 23.1 Å². The highest BCUT2D eigenvalue weighted by molar-refractivity contribution is 7.87. The van der Waals surface area contributed by atoms with Gasteiger partial charge in [0.15, 0.2) is 6.23 Å². The fraction of sp³-hybridized carbons (Fsp3) is 0.240. The molecule has 3 aromatic rings. The Morgan fingerprint density at radius 2 is 1.85 bits per heavy atom. The van der Waals surface area contributed by atoms with Crippen LogP contribution in [0.4, 0.5) is 5.69 Å². The first kappa shape index (κ1) is 22.4. The Morgan fingerprint density at radius 1 is 1.09 bits per heavy atom. The number of rotatable bonds is 6. The monoisotopic (exact) mass is 479 g/mol. The molecule has 2 aliphatic heterocycles. The molecule has 0 aliphatic carbocycles. The lowest BCUT2D eigenvalue weighted by atomic mass is 9.99. The molecule has 9 heteroatoms. The van der Waals surface area contributed by atoms with Crippen molar-refractivity contribution in [3.63, 3.8) is 0 Å². The number of benzene rings is 3. The smallest absolute Gasteiger partial charge is 0.303 e. The van der Waals surface area contributed by atoms with Crippen LogP contribution in [0.5, 0.6) is 5.75 Å². The van der Waals surface area contributed by atoms with E-state index < -0.39 is 22.3 Å². The van der Waals surface area contributed by atoms with Crippen molar-refractivity contribution in [2.45, 2.75) is 25.3 Å².